The summed E-state index contributed by atoms with van der Waals surface area (Å²) in [7, 11) is 0. The zero-order chi connectivity index (χ0) is 21.3. The SMILES string of the molecule is Cc1ccc(C2=C(Nc3ccc(F)cc3)C(=O)N(c3ccc(C#N)cc3)C2=O)cc1. The fourth-order valence-corrected chi connectivity index (χ4v) is 3.23. The molecule has 6 heteroatoms. The van der Waals surface area contributed by atoms with Crippen LogP contribution in [-0.2, 0) is 9.59 Å². The van der Waals surface area contributed by atoms with Crippen LogP contribution < -0.4 is 10.2 Å². The standard InChI is InChI=1S/C24H16FN3O2/c1-15-2-6-17(7-3-15)21-22(27-19-10-8-18(25)9-11-19)24(30)28(23(21)29)20-12-4-16(14-26)5-13-20/h2-13,27H,1H3. The topological polar surface area (TPSA) is 73.2 Å². The lowest BCUT2D eigenvalue weighted by Gasteiger charge is -2.15. The highest BCUT2D eigenvalue weighted by molar-refractivity contribution is 6.46. The van der Waals surface area contributed by atoms with Gasteiger partial charge in [-0.3, -0.25) is 9.59 Å². The first-order valence-corrected chi connectivity index (χ1v) is 9.21. The van der Waals surface area contributed by atoms with Gasteiger partial charge in [-0.2, -0.15) is 5.26 Å². The number of amides is 2. The maximum Gasteiger partial charge on any atom is 0.282 e. The van der Waals surface area contributed by atoms with Crippen LogP contribution >= 0.6 is 0 Å². The minimum Gasteiger partial charge on any atom is -0.350 e. The second kappa shape index (κ2) is 7.64. The van der Waals surface area contributed by atoms with Crippen LogP contribution in [0.1, 0.15) is 16.7 Å². The van der Waals surface area contributed by atoms with Crippen molar-refractivity contribution in [3.63, 3.8) is 0 Å². The zero-order valence-corrected chi connectivity index (χ0v) is 16.0. The van der Waals surface area contributed by atoms with Crippen molar-refractivity contribution < 1.29 is 14.0 Å². The van der Waals surface area contributed by atoms with Gasteiger partial charge in [0.15, 0.2) is 0 Å². The van der Waals surface area contributed by atoms with Crippen molar-refractivity contribution in [1.82, 2.24) is 0 Å². The third-order valence-electron chi connectivity index (χ3n) is 4.79. The van der Waals surface area contributed by atoms with E-state index in [-0.39, 0.29) is 11.3 Å². The number of nitrogens with one attached hydrogen (secondary N) is 1. The first-order valence-electron chi connectivity index (χ1n) is 9.21. The number of halogens is 1. The molecule has 0 saturated heterocycles. The van der Waals surface area contributed by atoms with Gasteiger partial charge in [0.25, 0.3) is 11.8 Å². The third-order valence-corrected chi connectivity index (χ3v) is 4.79. The van der Waals surface area contributed by atoms with Crippen LogP contribution in [0.5, 0.6) is 0 Å². The second-order valence-corrected chi connectivity index (χ2v) is 6.85. The lowest BCUT2D eigenvalue weighted by Crippen LogP contribution is -2.32. The number of rotatable bonds is 4. The van der Waals surface area contributed by atoms with Gasteiger partial charge in [-0.05, 0) is 61.0 Å². The van der Waals surface area contributed by atoms with Crippen LogP contribution in [0.4, 0.5) is 15.8 Å². The van der Waals surface area contributed by atoms with E-state index in [4.69, 9.17) is 5.26 Å². The van der Waals surface area contributed by atoms with Crippen LogP contribution in [-0.4, -0.2) is 11.8 Å². The Labute approximate surface area is 172 Å². The molecule has 0 radical (unpaired) electrons. The molecule has 1 heterocycles. The summed E-state index contributed by atoms with van der Waals surface area (Å²) >= 11 is 0. The number of anilines is 2. The molecule has 3 aromatic rings. The van der Waals surface area contributed by atoms with E-state index in [1.54, 1.807) is 36.4 Å². The smallest absolute Gasteiger partial charge is 0.282 e. The van der Waals surface area contributed by atoms with Crippen LogP contribution in [0.2, 0.25) is 0 Å². The van der Waals surface area contributed by atoms with Crippen molar-refractivity contribution in [3.8, 4) is 6.07 Å². The summed E-state index contributed by atoms with van der Waals surface area (Å²) in [4.78, 5) is 27.6. The molecule has 1 N–H and O–H groups in total. The molecule has 3 aromatic carbocycles. The minimum atomic E-state index is -0.524. The number of aryl methyl sites for hydroxylation is 1. The summed E-state index contributed by atoms with van der Waals surface area (Å²) in [5, 5.41) is 12.0. The van der Waals surface area contributed by atoms with Crippen molar-refractivity contribution >= 4 is 28.8 Å². The van der Waals surface area contributed by atoms with Gasteiger partial charge in [0.05, 0.1) is 22.9 Å². The average molecular weight is 397 g/mol. The van der Waals surface area contributed by atoms with Crippen LogP contribution in [0.25, 0.3) is 5.57 Å². The van der Waals surface area contributed by atoms with Gasteiger partial charge < -0.3 is 5.32 Å². The molecule has 0 bridgehead atoms. The number of carbonyl (C=O) groups is 2. The molecule has 30 heavy (non-hydrogen) atoms. The molecule has 146 valence electrons. The van der Waals surface area contributed by atoms with Crippen LogP contribution in [0, 0.1) is 24.1 Å². The Morgan fingerprint density at radius 3 is 2.10 bits per heavy atom. The predicted molar refractivity (Wildman–Crippen MR) is 112 cm³/mol. The quantitative estimate of drug-likeness (QED) is 0.662. The summed E-state index contributed by atoms with van der Waals surface area (Å²) in [5.41, 5.74) is 3.24. The summed E-state index contributed by atoms with van der Waals surface area (Å²) in [5.74, 6) is -1.40. The largest absolute Gasteiger partial charge is 0.350 e. The molecule has 4 rings (SSSR count). The molecule has 0 unspecified atom stereocenters. The summed E-state index contributed by atoms with van der Waals surface area (Å²) in [6, 6.07) is 21.0. The summed E-state index contributed by atoms with van der Waals surface area (Å²) in [6.45, 7) is 1.93. The van der Waals surface area contributed by atoms with E-state index in [1.165, 1.54) is 24.3 Å². The van der Waals surface area contributed by atoms with Gasteiger partial charge in [-0.15, -0.1) is 0 Å². The van der Waals surface area contributed by atoms with Crippen molar-refractivity contribution in [1.29, 1.82) is 5.26 Å². The zero-order valence-electron chi connectivity index (χ0n) is 16.0. The average Bonchev–Trinajstić information content (AvgIpc) is 3.00. The molecular weight excluding hydrogens is 381 g/mol. The highest BCUT2D eigenvalue weighted by atomic mass is 19.1. The lowest BCUT2D eigenvalue weighted by atomic mass is 10.0. The van der Waals surface area contributed by atoms with Crippen molar-refractivity contribution in [2.75, 3.05) is 10.2 Å². The first kappa shape index (κ1) is 19.1. The molecule has 1 aliphatic rings. The Bertz CT molecular complexity index is 1210. The van der Waals surface area contributed by atoms with Crippen LogP contribution in [0.3, 0.4) is 0 Å². The predicted octanol–water partition coefficient (Wildman–Crippen LogP) is 4.40. The Morgan fingerprint density at radius 2 is 1.50 bits per heavy atom. The molecule has 0 aliphatic carbocycles. The second-order valence-electron chi connectivity index (χ2n) is 6.85. The Balaban J connectivity index is 1.80. The maximum atomic E-state index is 13.3. The first-order chi connectivity index (χ1) is 14.5. The minimum absolute atomic E-state index is 0.111. The van der Waals surface area contributed by atoms with Crippen molar-refractivity contribution in [2.24, 2.45) is 0 Å². The van der Waals surface area contributed by atoms with E-state index in [2.05, 4.69) is 5.32 Å². The van der Waals surface area contributed by atoms with Crippen molar-refractivity contribution in [3.05, 3.63) is 101 Å². The van der Waals surface area contributed by atoms with Gasteiger partial charge in [-0.25, -0.2) is 9.29 Å². The maximum absolute atomic E-state index is 13.3. The fourth-order valence-electron chi connectivity index (χ4n) is 3.23. The molecule has 0 fully saturated rings. The summed E-state index contributed by atoms with van der Waals surface area (Å²) < 4.78 is 13.3. The number of nitriles is 1. The molecule has 0 spiro atoms. The molecule has 0 atom stereocenters. The number of hydrogen-bond donors (Lipinski definition) is 1. The van der Waals surface area contributed by atoms with E-state index in [1.807, 2.05) is 25.1 Å². The monoisotopic (exact) mass is 397 g/mol. The molecule has 0 aromatic heterocycles. The van der Waals surface area contributed by atoms with Crippen molar-refractivity contribution in [2.45, 2.75) is 6.92 Å². The lowest BCUT2D eigenvalue weighted by molar-refractivity contribution is -0.120. The molecule has 2 amide bonds. The number of imide groups is 1. The van der Waals surface area contributed by atoms with Gasteiger partial charge in [-0.1, -0.05) is 29.8 Å². The van der Waals surface area contributed by atoms with E-state index in [0.717, 1.165) is 10.5 Å². The van der Waals surface area contributed by atoms with E-state index in [0.29, 0.717) is 22.5 Å². The van der Waals surface area contributed by atoms with Gasteiger partial charge >= 0.3 is 0 Å². The highest BCUT2D eigenvalue weighted by Crippen LogP contribution is 2.34. The number of nitrogens with zero attached hydrogens (tertiary/aromatic N) is 2. The van der Waals surface area contributed by atoms with Gasteiger partial charge in [0.2, 0.25) is 0 Å². The van der Waals surface area contributed by atoms with E-state index in [9.17, 15) is 14.0 Å². The normalized spacial score (nSPS) is 13.6. The summed E-state index contributed by atoms with van der Waals surface area (Å²) in [6.07, 6.45) is 0. The number of hydrogen-bond acceptors (Lipinski definition) is 4. The highest BCUT2D eigenvalue weighted by Gasteiger charge is 2.40. The van der Waals surface area contributed by atoms with E-state index >= 15 is 0 Å². The van der Waals surface area contributed by atoms with Gasteiger partial charge in [0.1, 0.15) is 11.5 Å². The Hall–Kier alpha value is -4.24. The van der Waals surface area contributed by atoms with Crippen LogP contribution in [0.15, 0.2) is 78.5 Å². The molecular formula is C24H16FN3O2. The molecule has 1 aliphatic heterocycles. The Morgan fingerprint density at radius 1 is 0.867 bits per heavy atom. The van der Waals surface area contributed by atoms with Gasteiger partial charge in [0, 0.05) is 5.69 Å². The third kappa shape index (κ3) is 3.45. The number of carbonyl (C=O) groups excluding carboxylic acids is 2. The molecule has 5 nitrogen and oxygen atoms in total. The van der Waals surface area contributed by atoms with E-state index < -0.39 is 17.6 Å². The fraction of sp³-hybridized carbons (Fsp3) is 0.0417. The molecule has 0 saturated carbocycles. The Kier molecular flexibility index (Phi) is 4.87. The number of benzene rings is 3.